The van der Waals surface area contributed by atoms with Crippen molar-refractivity contribution in [3.63, 3.8) is 0 Å². The smallest absolute Gasteiger partial charge is 0.0693 e. The van der Waals surface area contributed by atoms with Crippen molar-refractivity contribution in [3.8, 4) is 0 Å². The van der Waals surface area contributed by atoms with Crippen LogP contribution < -0.4 is 5.32 Å². The molecule has 0 aromatic carbocycles. The fourth-order valence-corrected chi connectivity index (χ4v) is 1.51. The van der Waals surface area contributed by atoms with Crippen LogP contribution in [-0.2, 0) is 6.54 Å². The summed E-state index contributed by atoms with van der Waals surface area (Å²) in [6.45, 7) is 2.80. The summed E-state index contributed by atoms with van der Waals surface area (Å²) in [5, 5.41) is 19.5. The third-order valence-corrected chi connectivity index (χ3v) is 2.71. The molecule has 1 aromatic rings. The first-order chi connectivity index (χ1) is 6.27. The number of hydrogen-bond donors (Lipinski definition) is 3. The van der Waals surface area contributed by atoms with E-state index in [1.165, 1.54) is 5.56 Å². The summed E-state index contributed by atoms with van der Waals surface area (Å²) < 4.78 is 0. The van der Waals surface area contributed by atoms with Crippen LogP contribution in [0.2, 0.25) is 0 Å². The number of rotatable bonds is 3. The number of aromatic amines is 1. The molecule has 1 aliphatic carbocycles. The van der Waals surface area contributed by atoms with Crippen LogP contribution in [-0.4, -0.2) is 27.4 Å². The van der Waals surface area contributed by atoms with E-state index < -0.39 is 0 Å². The van der Waals surface area contributed by atoms with E-state index in [0.29, 0.717) is 0 Å². The van der Waals surface area contributed by atoms with E-state index in [0.717, 1.165) is 25.1 Å². The molecule has 0 aliphatic heterocycles. The van der Waals surface area contributed by atoms with Crippen molar-refractivity contribution < 1.29 is 5.11 Å². The number of aromatic nitrogens is 2. The number of nitrogens with one attached hydrogen (secondary N) is 2. The average molecular weight is 181 g/mol. The van der Waals surface area contributed by atoms with Crippen molar-refractivity contribution in [1.29, 1.82) is 0 Å². The second-order valence-electron chi connectivity index (χ2n) is 3.66. The van der Waals surface area contributed by atoms with Gasteiger partial charge in [0.15, 0.2) is 0 Å². The van der Waals surface area contributed by atoms with Gasteiger partial charge in [-0.05, 0) is 25.3 Å². The maximum Gasteiger partial charge on any atom is 0.0693 e. The van der Waals surface area contributed by atoms with Gasteiger partial charge in [0.2, 0.25) is 0 Å². The fraction of sp³-hybridized carbons (Fsp3) is 0.667. The Bertz CT molecular complexity index is 284. The molecule has 0 spiro atoms. The van der Waals surface area contributed by atoms with Crippen molar-refractivity contribution in [2.24, 2.45) is 0 Å². The molecule has 1 saturated carbocycles. The van der Waals surface area contributed by atoms with Gasteiger partial charge in [-0.25, -0.2) is 0 Å². The van der Waals surface area contributed by atoms with E-state index in [-0.39, 0.29) is 12.1 Å². The SMILES string of the molecule is Cc1cn[nH]c1CN[C@@H]1CC[C@H]1O. The molecule has 3 N–H and O–H groups in total. The first-order valence-corrected chi connectivity index (χ1v) is 4.67. The Kier molecular flexibility index (Phi) is 2.33. The first kappa shape index (κ1) is 8.72. The number of nitrogens with zero attached hydrogens (tertiary/aromatic N) is 1. The lowest BCUT2D eigenvalue weighted by molar-refractivity contribution is 0.0491. The number of hydrogen-bond acceptors (Lipinski definition) is 3. The highest BCUT2D eigenvalue weighted by Crippen LogP contribution is 2.19. The highest BCUT2D eigenvalue weighted by Gasteiger charge is 2.27. The van der Waals surface area contributed by atoms with Gasteiger partial charge in [-0.15, -0.1) is 0 Å². The molecule has 0 unspecified atom stereocenters. The summed E-state index contributed by atoms with van der Waals surface area (Å²) in [6, 6.07) is 0.280. The average Bonchev–Trinajstić information content (AvgIpc) is 2.50. The summed E-state index contributed by atoms with van der Waals surface area (Å²) in [7, 11) is 0. The molecular formula is C9H15N3O. The van der Waals surface area contributed by atoms with Gasteiger partial charge < -0.3 is 10.4 Å². The molecule has 4 nitrogen and oxygen atoms in total. The Hall–Kier alpha value is -0.870. The molecule has 72 valence electrons. The van der Waals surface area contributed by atoms with Gasteiger partial charge in [0.25, 0.3) is 0 Å². The van der Waals surface area contributed by atoms with Crippen molar-refractivity contribution >= 4 is 0 Å². The second-order valence-corrected chi connectivity index (χ2v) is 3.66. The first-order valence-electron chi connectivity index (χ1n) is 4.67. The van der Waals surface area contributed by atoms with Crippen LogP contribution in [0, 0.1) is 6.92 Å². The maximum atomic E-state index is 9.32. The van der Waals surface area contributed by atoms with E-state index >= 15 is 0 Å². The van der Waals surface area contributed by atoms with Gasteiger partial charge in [0.1, 0.15) is 0 Å². The van der Waals surface area contributed by atoms with Crippen LogP contribution in [0.5, 0.6) is 0 Å². The lowest BCUT2D eigenvalue weighted by atomic mass is 9.89. The third kappa shape index (κ3) is 1.73. The van der Waals surface area contributed by atoms with Crippen molar-refractivity contribution in [3.05, 3.63) is 17.5 Å². The van der Waals surface area contributed by atoms with Crippen LogP contribution >= 0.6 is 0 Å². The molecule has 0 radical (unpaired) electrons. The highest BCUT2D eigenvalue weighted by molar-refractivity contribution is 5.13. The summed E-state index contributed by atoms with van der Waals surface area (Å²) in [5.41, 5.74) is 2.28. The second kappa shape index (κ2) is 3.47. The zero-order valence-corrected chi connectivity index (χ0v) is 7.75. The third-order valence-electron chi connectivity index (χ3n) is 2.71. The standard InChI is InChI=1S/C9H15N3O/c1-6-4-11-12-8(6)5-10-7-2-3-9(7)13/h4,7,9-10,13H,2-3,5H2,1H3,(H,11,12)/t7-,9-/m1/s1. The summed E-state index contributed by atoms with van der Waals surface area (Å²) in [4.78, 5) is 0. The highest BCUT2D eigenvalue weighted by atomic mass is 16.3. The van der Waals surface area contributed by atoms with E-state index in [9.17, 15) is 5.11 Å². The fourth-order valence-electron chi connectivity index (χ4n) is 1.51. The van der Waals surface area contributed by atoms with Crippen molar-refractivity contribution in [2.75, 3.05) is 0 Å². The van der Waals surface area contributed by atoms with Crippen LogP contribution in [0.3, 0.4) is 0 Å². The number of aliphatic hydroxyl groups excluding tert-OH is 1. The Balaban J connectivity index is 1.83. The van der Waals surface area contributed by atoms with Crippen LogP contribution in [0.4, 0.5) is 0 Å². The van der Waals surface area contributed by atoms with E-state index in [1.807, 2.05) is 13.1 Å². The molecule has 13 heavy (non-hydrogen) atoms. The van der Waals surface area contributed by atoms with E-state index in [4.69, 9.17) is 0 Å². The number of aryl methyl sites for hydroxylation is 1. The van der Waals surface area contributed by atoms with Gasteiger partial charge in [0, 0.05) is 12.6 Å². The van der Waals surface area contributed by atoms with Crippen molar-refractivity contribution in [2.45, 2.75) is 38.5 Å². The molecule has 0 saturated heterocycles. The topological polar surface area (TPSA) is 60.9 Å². The zero-order valence-electron chi connectivity index (χ0n) is 7.75. The van der Waals surface area contributed by atoms with Gasteiger partial charge in [-0.1, -0.05) is 0 Å². The molecule has 1 aromatic heterocycles. The Labute approximate surface area is 77.4 Å². The van der Waals surface area contributed by atoms with Gasteiger partial charge >= 0.3 is 0 Å². The lowest BCUT2D eigenvalue weighted by Gasteiger charge is -2.33. The van der Waals surface area contributed by atoms with Gasteiger partial charge in [-0.2, -0.15) is 5.10 Å². The maximum absolute atomic E-state index is 9.32. The summed E-state index contributed by atoms with van der Waals surface area (Å²) in [6.07, 6.45) is 3.67. The number of H-pyrrole nitrogens is 1. The largest absolute Gasteiger partial charge is 0.392 e. The minimum atomic E-state index is -0.150. The monoisotopic (exact) mass is 181 g/mol. The molecule has 2 rings (SSSR count). The predicted octanol–water partition coefficient (Wildman–Crippen LogP) is 0.331. The van der Waals surface area contributed by atoms with Gasteiger partial charge in [0.05, 0.1) is 18.0 Å². The van der Waals surface area contributed by atoms with E-state index in [2.05, 4.69) is 15.5 Å². The normalized spacial score (nSPS) is 27.2. The molecule has 1 heterocycles. The van der Waals surface area contributed by atoms with Crippen LogP contribution in [0.25, 0.3) is 0 Å². The Morgan fingerprint density at radius 3 is 3.00 bits per heavy atom. The number of aliphatic hydroxyl groups is 1. The molecule has 2 atom stereocenters. The summed E-state index contributed by atoms with van der Waals surface area (Å²) >= 11 is 0. The molecule has 1 aliphatic rings. The molecule has 0 amide bonds. The molecular weight excluding hydrogens is 166 g/mol. The quantitative estimate of drug-likeness (QED) is 0.630. The predicted molar refractivity (Wildman–Crippen MR) is 49.2 cm³/mol. The minimum Gasteiger partial charge on any atom is -0.392 e. The van der Waals surface area contributed by atoms with E-state index in [1.54, 1.807) is 0 Å². The van der Waals surface area contributed by atoms with Crippen LogP contribution in [0.15, 0.2) is 6.20 Å². The summed E-state index contributed by atoms with van der Waals surface area (Å²) in [5.74, 6) is 0. The zero-order chi connectivity index (χ0) is 9.26. The van der Waals surface area contributed by atoms with Crippen LogP contribution in [0.1, 0.15) is 24.1 Å². The Morgan fingerprint density at radius 2 is 2.54 bits per heavy atom. The molecule has 4 heteroatoms. The molecule has 0 bridgehead atoms. The van der Waals surface area contributed by atoms with Gasteiger partial charge in [-0.3, -0.25) is 5.10 Å². The molecule has 1 fully saturated rings. The minimum absolute atomic E-state index is 0.150. The Morgan fingerprint density at radius 1 is 1.69 bits per heavy atom. The lowest BCUT2D eigenvalue weighted by Crippen LogP contribution is -2.47. The van der Waals surface area contributed by atoms with Crippen molar-refractivity contribution in [1.82, 2.24) is 15.5 Å².